The van der Waals surface area contributed by atoms with Crippen LogP contribution in [0.2, 0.25) is 5.15 Å². The molecule has 1 aliphatic heterocycles. The van der Waals surface area contributed by atoms with Crippen LogP contribution in [0.4, 0.5) is 5.69 Å². The number of nitrogens with one attached hydrogen (secondary N) is 2. The quantitative estimate of drug-likeness (QED) is 0.278. The van der Waals surface area contributed by atoms with E-state index in [0.29, 0.717) is 24.9 Å². The van der Waals surface area contributed by atoms with Gasteiger partial charge in [0.05, 0.1) is 13.2 Å². The smallest absolute Gasteiger partial charge is 0.195 e. The zero-order valence-electron chi connectivity index (χ0n) is 15.2. The first-order valence-corrected chi connectivity index (χ1v) is 9.18. The first-order valence-electron chi connectivity index (χ1n) is 8.80. The number of halogens is 2. The Kier molecular flexibility index (Phi) is 8.93. The number of nitrogens with zero attached hydrogens (tertiary/aromatic N) is 2. The van der Waals surface area contributed by atoms with Gasteiger partial charge in [0.2, 0.25) is 0 Å². The molecule has 2 aromatic rings. The third-order valence-electron chi connectivity index (χ3n) is 3.81. The van der Waals surface area contributed by atoms with Gasteiger partial charge in [0, 0.05) is 37.5 Å². The Balaban J connectivity index is 0.00000261. The van der Waals surface area contributed by atoms with Crippen LogP contribution in [-0.4, -0.2) is 37.2 Å². The van der Waals surface area contributed by atoms with Crippen molar-refractivity contribution in [3.63, 3.8) is 0 Å². The molecule has 1 aromatic carbocycles. The number of hydrogen-bond donors (Lipinski definition) is 2. The summed E-state index contributed by atoms with van der Waals surface area (Å²) in [6, 6.07) is 9.59. The van der Waals surface area contributed by atoms with Gasteiger partial charge in [-0.05, 0) is 37.1 Å². The maximum atomic E-state index is 5.81. The number of aliphatic imine (C=N–C) groups is 1. The molecule has 146 valence electrons. The van der Waals surface area contributed by atoms with Crippen molar-refractivity contribution in [3.8, 4) is 11.5 Å². The SMILES string of the molecule is CCNC(=NCCc1ccc(Cl)nc1)Nc1ccc2c(c1)OCCCO2.I. The number of hydrogen-bond acceptors (Lipinski definition) is 4. The molecule has 0 aliphatic carbocycles. The number of rotatable bonds is 5. The van der Waals surface area contributed by atoms with Crippen LogP contribution in [0.5, 0.6) is 11.5 Å². The molecule has 0 unspecified atom stereocenters. The van der Waals surface area contributed by atoms with E-state index in [9.17, 15) is 0 Å². The lowest BCUT2D eigenvalue weighted by atomic mass is 10.2. The van der Waals surface area contributed by atoms with Crippen molar-refractivity contribution < 1.29 is 9.47 Å². The van der Waals surface area contributed by atoms with E-state index in [1.54, 1.807) is 12.3 Å². The zero-order valence-corrected chi connectivity index (χ0v) is 18.3. The van der Waals surface area contributed by atoms with Gasteiger partial charge in [-0.3, -0.25) is 4.99 Å². The van der Waals surface area contributed by atoms with Crippen LogP contribution in [0.1, 0.15) is 18.9 Å². The monoisotopic (exact) mass is 502 g/mol. The molecule has 8 heteroatoms. The Morgan fingerprint density at radius 3 is 2.74 bits per heavy atom. The molecule has 0 bridgehead atoms. The second-order valence-corrected chi connectivity index (χ2v) is 6.22. The van der Waals surface area contributed by atoms with E-state index in [-0.39, 0.29) is 24.0 Å². The molecular weight excluding hydrogens is 479 g/mol. The van der Waals surface area contributed by atoms with Crippen molar-refractivity contribution in [2.45, 2.75) is 19.8 Å². The van der Waals surface area contributed by atoms with Crippen molar-refractivity contribution in [1.29, 1.82) is 0 Å². The number of aromatic nitrogens is 1. The summed E-state index contributed by atoms with van der Waals surface area (Å²) in [6.07, 6.45) is 3.46. The second kappa shape index (κ2) is 11.2. The van der Waals surface area contributed by atoms with Gasteiger partial charge in [-0.15, -0.1) is 24.0 Å². The fourth-order valence-electron chi connectivity index (χ4n) is 2.54. The van der Waals surface area contributed by atoms with Crippen molar-refractivity contribution >= 4 is 47.2 Å². The topological polar surface area (TPSA) is 67.8 Å². The lowest BCUT2D eigenvalue weighted by Gasteiger charge is -2.13. The maximum absolute atomic E-state index is 5.81. The number of ether oxygens (including phenoxy) is 2. The molecule has 0 radical (unpaired) electrons. The zero-order chi connectivity index (χ0) is 18.2. The Morgan fingerprint density at radius 2 is 2.00 bits per heavy atom. The van der Waals surface area contributed by atoms with E-state index in [2.05, 4.69) is 20.6 Å². The van der Waals surface area contributed by atoms with Gasteiger partial charge in [-0.25, -0.2) is 4.98 Å². The standard InChI is InChI=1S/C19H23ClN4O2.HI/c1-2-21-19(22-9-8-14-4-7-18(20)23-13-14)24-15-5-6-16-17(12-15)26-11-3-10-25-16;/h4-7,12-13H,2-3,8-11H2,1H3,(H2,21,22,24);1H. The van der Waals surface area contributed by atoms with Crippen LogP contribution in [-0.2, 0) is 6.42 Å². The minimum atomic E-state index is 0. The fourth-order valence-corrected chi connectivity index (χ4v) is 2.65. The Bertz CT molecular complexity index is 756. The van der Waals surface area contributed by atoms with Gasteiger partial charge in [-0.1, -0.05) is 17.7 Å². The van der Waals surface area contributed by atoms with E-state index in [4.69, 9.17) is 21.1 Å². The largest absolute Gasteiger partial charge is 0.490 e. The Labute approximate surface area is 181 Å². The van der Waals surface area contributed by atoms with E-state index in [1.807, 2.05) is 31.2 Å². The molecule has 1 aliphatic rings. The third-order valence-corrected chi connectivity index (χ3v) is 4.04. The van der Waals surface area contributed by atoms with Gasteiger partial charge >= 0.3 is 0 Å². The molecule has 3 rings (SSSR count). The van der Waals surface area contributed by atoms with Crippen molar-refractivity contribution in [3.05, 3.63) is 47.2 Å². The predicted molar refractivity (Wildman–Crippen MR) is 120 cm³/mol. The van der Waals surface area contributed by atoms with Crippen LogP contribution < -0.4 is 20.1 Å². The predicted octanol–water partition coefficient (Wildman–Crippen LogP) is 4.13. The summed E-state index contributed by atoms with van der Waals surface area (Å²) >= 11 is 5.81. The summed E-state index contributed by atoms with van der Waals surface area (Å²) in [4.78, 5) is 8.71. The van der Waals surface area contributed by atoms with Crippen LogP contribution in [0.25, 0.3) is 0 Å². The summed E-state index contributed by atoms with van der Waals surface area (Å²) in [5.74, 6) is 2.27. The van der Waals surface area contributed by atoms with Gasteiger partial charge in [0.1, 0.15) is 5.15 Å². The van der Waals surface area contributed by atoms with Crippen LogP contribution in [0.15, 0.2) is 41.5 Å². The summed E-state index contributed by atoms with van der Waals surface area (Å²) in [5, 5.41) is 7.06. The van der Waals surface area contributed by atoms with Gasteiger partial charge in [0.25, 0.3) is 0 Å². The highest BCUT2D eigenvalue weighted by molar-refractivity contribution is 14.0. The lowest BCUT2D eigenvalue weighted by Crippen LogP contribution is -2.30. The molecule has 6 nitrogen and oxygen atoms in total. The first kappa shape index (κ1) is 21.6. The van der Waals surface area contributed by atoms with E-state index >= 15 is 0 Å². The van der Waals surface area contributed by atoms with Gasteiger partial charge < -0.3 is 20.1 Å². The summed E-state index contributed by atoms with van der Waals surface area (Å²) in [7, 11) is 0. The van der Waals surface area contributed by atoms with Crippen LogP contribution >= 0.6 is 35.6 Å². The summed E-state index contributed by atoms with van der Waals surface area (Å²) in [6.45, 7) is 4.81. The molecule has 0 saturated carbocycles. The van der Waals surface area contributed by atoms with E-state index < -0.39 is 0 Å². The molecule has 0 amide bonds. The molecular formula is C19H24ClIN4O2. The molecule has 0 saturated heterocycles. The maximum Gasteiger partial charge on any atom is 0.195 e. The first-order chi connectivity index (χ1) is 12.7. The minimum Gasteiger partial charge on any atom is -0.490 e. The minimum absolute atomic E-state index is 0. The van der Waals surface area contributed by atoms with Crippen molar-refractivity contribution in [2.24, 2.45) is 4.99 Å². The average molecular weight is 503 g/mol. The molecule has 2 heterocycles. The highest BCUT2D eigenvalue weighted by atomic mass is 127. The molecule has 0 atom stereocenters. The summed E-state index contributed by atoms with van der Waals surface area (Å²) in [5.41, 5.74) is 2.01. The molecule has 2 N–H and O–H groups in total. The fraction of sp³-hybridized carbons (Fsp3) is 0.368. The van der Waals surface area contributed by atoms with Crippen LogP contribution in [0.3, 0.4) is 0 Å². The van der Waals surface area contributed by atoms with E-state index in [1.165, 1.54) is 0 Å². The lowest BCUT2D eigenvalue weighted by molar-refractivity contribution is 0.297. The van der Waals surface area contributed by atoms with Crippen LogP contribution in [0, 0.1) is 0 Å². The molecule has 0 spiro atoms. The number of benzene rings is 1. The molecule has 0 fully saturated rings. The highest BCUT2D eigenvalue weighted by Crippen LogP contribution is 2.32. The second-order valence-electron chi connectivity index (χ2n) is 5.84. The Hall–Kier alpha value is -1.74. The molecule has 1 aromatic heterocycles. The number of guanidine groups is 1. The van der Waals surface area contributed by atoms with Gasteiger partial charge in [0.15, 0.2) is 17.5 Å². The third kappa shape index (κ3) is 6.73. The highest BCUT2D eigenvalue weighted by Gasteiger charge is 2.11. The van der Waals surface area contributed by atoms with Crippen molar-refractivity contribution in [1.82, 2.24) is 10.3 Å². The Morgan fingerprint density at radius 1 is 1.19 bits per heavy atom. The number of pyridine rings is 1. The van der Waals surface area contributed by atoms with E-state index in [0.717, 1.165) is 48.1 Å². The normalized spacial score (nSPS) is 13.3. The summed E-state index contributed by atoms with van der Waals surface area (Å²) < 4.78 is 11.4. The van der Waals surface area contributed by atoms with Crippen molar-refractivity contribution in [2.75, 3.05) is 31.6 Å². The number of fused-ring (bicyclic) bond motifs is 1. The average Bonchev–Trinajstić information content (AvgIpc) is 2.88. The number of anilines is 1. The molecule has 27 heavy (non-hydrogen) atoms. The van der Waals surface area contributed by atoms with Gasteiger partial charge in [-0.2, -0.15) is 0 Å².